The molecule has 154 valence electrons. The SMILES string of the molecule is O=C1c2ccc(-c3cnc4[nH]ccc4c3)cc2OCCN1Cc1cccc([N+](=O)[O-])c1. The zero-order valence-electron chi connectivity index (χ0n) is 16.4. The lowest BCUT2D eigenvalue weighted by Gasteiger charge is -2.20. The number of carbonyl (C=O) groups is 1. The molecule has 0 saturated carbocycles. The number of nitrogens with one attached hydrogen (secondary N) is 1. The fourth-order valence-electron chi connectivity index (χ4n) is 3.77. The van der Waals surface area contributed by atoms with Gasteiger partial charge in [0.05, 0.1) is 17.0 Å². The highest BCUT2D eigenvalue weighted by Crippen LogP contribution is 2.31. The molecular weight excluding hydrogens is 396 g/mol. The number of aromatic nitrogens is 2. The molecule has 1 aliphatic heterocycles. The lowest BCUT2D eigenvalue weighted by atomic mass is 10.0. The predicted molar refractivity (Wildman–Crippen MR) is 115 cm³/mol. The van der Waals surface area contributed by atoms with Crippen LogP contribution in [0.5, 0.6) is 5.75 Å². The molecule has 5 rings (SSSR count). The first-order chi connectivity index (χ1) is 15.1. The van der Waals surface area contributed by atoms with Gasteiger partial charge in [-0.25, -0.2) is 4.98 Å². The number of nitro benzene ring substituents is 1. The van der Waals surface area contributed by atoms with E-state index in [9.17, 15) is 14.9 Å². The average Bonchev–Trinajstić information content (AvgIpc) is 3.20. The van der Waals surface area contributed by atoms with E-state index < -0.39 is 4.92 Å². The summed E-state index contributed by atoms with van der Waals surface area (Å²) in [7, 11) is 0. The van der Waals surface area contributed by atoms with E-state index in [0.717, 1.165) is 22.2 Å². The van der Waals surface area contributed by atoms with Gasteiger partial charge in [0, 0.05) is 42.0 Å². The largest absolute Gasteiger partial charge is 0.491 e. The van der Waals surface area contributed by atoms with Crippen molar-refractivity contribution in [2.75, 3.05) is 13.2 Å². The molecule has 31 heavy (non-hydrogen) atoms. The molecule has 0 spiro atoms. The number of hydrogen-bond acceptors (Lipinski definition) is 5. The summed E-state index contributed by atoms with van der Waals surface area (Å²) in [5.74, 6) is 0.364. The van der Waals surface area contributed by atoms with Gasteiger partial charge in [-0.3, -0.25) is 14.9 Å². The van der Waals surface area contributed by atoms with Crippen molar-refractivity contribution in [2.45, 2.75) is 6.54 Å². The molecule has 1 N–H and O–H groups in total. The van der Waals surface area contributed by atoms with E-state index in [4.69, 9.17) is 4.74 Å². The average molecular weight is 414 g/mol. The molecule has 2 aromatic carbocycles. The van der Waals surface area contributed by atoms with E-state index >= 15 is 0 Å². The Bertz CT molecular complexity index is 1310. The van der Waals surface area contributed by atoms with Gasteiger partial charge >= 0.3 is 0 Å². The van der Waals surface area contributed by atoms with E-state index in [1.54, 1.807) is 29.3 Å². The molecule has 4 aromatic rings. The summed E-state index contributed by atoms with van der Waals surface area (Å²) in [6, 6.07) is 15.8. The highest BCUT2D eigenvalue weighted by Gasteiger charge is 2.24. The third-order valence-electron chi connectivity index (χ3n) is 5.35. The standard InChI is InChI=1S/C23H18N4O4/c28-23-20-5-4-16(18-11-17-6-7-24-22(17)25-13-18)12-21(20)31-9-8-26(23)14-15-2-1-3-19(10-15)27(29)30/h1-7,10-13H,8-9,14H2,(H,24,25). The van der Waals surface area contributed by atoms with Crippen LogP contribution in [0.3, 0.4) is 0 Å². The second kappa shape index (κ2) is 7.56. The number of amides is 1. The number of carbonyl (C=O) groups excluding carboxylic acids is 1. The molecule has 0 unspecified atom stereocenters. The van der Waals surface area contributed by atoms with Crippen molar-refractivity contribution in [1.29, 1.82) is 0 Å². The Morgan fingerprint density at radius 1 is 1.13 bits per heavy atom. The van der Waals surface area contributed by atoms with Gasteiger partial charge in [0.1, 0.15) is 18.0 Å². The quantitative estimate of drug-likeness (QED) is 0.399. The van der Waals surface area contributed by atoms with Crippen LogP contribution in [-0.4, -0.2) is 38.8 Å². The van der Waals surface area contributed by atoms with Crippen molar-refractivity contribution < 1.29 is 14.5 Å². The maximum absolute atomic E-state index is 13.1. The normalized spacial score (nSPS) is 13.5. The molecule has 1 aliphatic rings. The lowest BCUT2D eigenvalue weighted by Crippen LogP contribution is -2.31. The molecule has 2 aromatic heterocycles. The number of benzene rings is 2. The van der Waals surface area contributed by atoms with Gasteiger partial charge in [0.15, 0.2) is 0 Å². The smallest absolute Gasteiger partial charge is 0.269 e. The molecule has 0 aliphatic carbocycles. The van der Waals surface area contributed by atoms with E-state index in [2.05, 4.69) is 9.97 Å². The number of hydrogen-bond donors (Lipinski definition) is 1. The van der Waals surface area contributed by atoms with E-state index in [0.29, 0.717) is 30.0 Å². The van der Waals surface area contributed by atoms with Gasteiger partial charge in [0.2, 0.25) is 0 Å². The zero-order chi connectivity index (χ0) is 21.4. The third kappa shape index (κ3) is 3.59. The third-order valence-corrected chi connectivity index (χ3v) is 5.35. The van der Waals surface area contributed by atoms with Gasteiger partial charge in [-0.2, -0.15) is 0 Å². The maximum Gasteiger partial charge on any atom is 0.269 e. The van der Waals surface area contributed by atoms with Crippen LogP contribution in [0.2, 0.25) is 0 Å². The summed E-state index contributed by atoms with van der Waals surface area (Å²) in [5, 5.41) is 12.0. The Kier molecular flexibility index (Phi) is 4.59. The maximum atomic E-state index is 13.1. The molecular formula is C23H18N4O4. The summed E-state index contributed by atoms with van der Waals surface area (Å²) < 4.78 is 5.89. The second-order valence-corrected chi connectivity index (χ2v) is 7.35. The van der Waals surface area contributed by atoms with Gasteiger partial charge < -0.3 is 14.6 Å². The highest BCUT2D eigenvalue weighted by molar-refractivity contribution is 5.98. The summed E-state index contributed by atoms with van der Waals surface area (Å²) in [4.78, 5) is 32.9. The van der Waals surface area contributed by atoms with E-state index in [-0.39, 0.29) is 18.1 Å². The minimum absolute atomic E-state index is 0.00839. The first-order valence-electron chi connectivity index (χ1n) is 9.81. The number of fused-ring (bicyclic) bond motifs is 2. The van der Waals surface area contributed by atoms with Crippen molar-refractivity contribution in [1.82, 2.24) is 14.9 Å². The summed E-state index contributed by atoms with van der Waals surface area (Å²) in [6.07, 6.45) is 3.63. The minimum atomic E-state index is -0.437. The number of aromatic amines is 1. The van der Waals surface area contributed by atoms with Crippen LogP contribution in [0.1, 0.15) is 15.9 Å². The van der Waals surface area contributed by atoms with Gasteiger partial charge in [0.25, 0.3) is 11.6 Å². The molecule has 0 saturated heterocycles. The molecule has 8 heteroatoms. The van der Waals surface area contributed by atoms with Crippen LogP contribution in [-0.2, 0) is 6.54 Å². The molecule has 3 heterocycles. The Morgan fingerprint density at radius 2 is 2.03 bits per heavy atom. The number of pyridine rings is 1. The van der Waals surface area contributed by atoms with Crippen molar-refractivity contribution in [3.8, 4) is 16.9 Å². The van der Waals surface area contributed by atoms with Crippen LogP contribution >= 0.6 is 0 Å². The predicted octanol–water partition coefficient (Wildman–Crippen LogP) is 4.17. The fraction of sp³-hybridized carbons (Fsp3) is 0.130. The second-order valence-electron chi connectivity index (χ2n) is 7.35. The minimum Gasteiger partial charge on any atom is -0.491 e. The summed E-state index contributed by atoms with van der Waals surface area (Å²) in [5.41, 5.74) is 3.85. The van der Waals surface area contributed by atoms with Gasteiger partial charge in [-0.1, -0.05) is 18.2 Å². The zero-order valence-corrected chi connectivity index (χ0v) is 16.4. The van der Waals surface area contributed by atoms with Gasteiger partial charge in [-0.05, 0) is 35.4 Å². The first-order valence-corrected chi connectivity index (χ1v) is 9.81. The fourth-order valence-corrected chi connectivity index (χ4v) is 3.77. The topological polar surface area (TPSA) is 101 Å². The number of nitro groups is 1. The van der Waals surface area contributed by atoms with Crippen LogP contribution in [0, 0.1) is 10.1 Å². The Morgan fingerprint density at radius 3 is 2.90 bits per heavy atom. The number of nitrogens with zero attached hydrogens (tertiary/aromatic N) is 3. The van der Waals surface area contributed by atoms with Gasteiger partial charge in [-0.15, -0.1) is 0 Å². The molecule has 0 atom stereocenters. The molecule has 0 radical (unpaired) electrons. The van der Waals surface area contributed by atoms with Crippen LogP contribution in [0.15, 0.2) is 67.0 Å². The van der Waals surface area contributed by atoms with Crippen LogP contribution in [0.25, 0.3) is 22.2 Å². The molecule has 1 amide bonds. The molecule has 8 nitrogen and oxygen atoms in total. The number of non-ortho nitro benzene ring substituents is 1. The molecule has 0 bridgehead atoms. The Labute approximate surface area is 177 Å². The lowest BCUT2D eigenvalue weighted by molar-refractivity contribution is -0.384. The Balaban J connectivity index is 1.43. The Hall–Kier alpha value is -4.20. The molecule has 0 fully saturated rings. The van der Waals surface area contributed by atoms with Crippen molar-refractivity contribution in [3.63, 3.8) is 0 Å². The number of rotatable bonds is 4. The first kappa shape index (κ1) is 18.8. The van der Waals surface area contributed by atoms with Crippen molar-refractivity contribution >= 4 is 22.6 Å². The van der Waals surface area contributed by atoms with E-state index in [1.807, 2.05) is 30.5 Å². The van der Waals surface area contributed by atoms with Crippen LogP contribution < -0.4 is 4.74 Å². The summed E-state index contributed by atoms with van der Waals surface area (Å²) >= 11 is 0. The van der Waals surface area contributed by atoms with Crippen molar-refractivity contribution in [3.05, 3.63) is 88.2 Å². The number of ether oxygens (including phenoxy) is 1. The van der Waals surface area contributed by atoms with Crippen LogP contribution in [0.4, 0.5) is 5.69 Å². The highest BCUT2D eigenvalue weighted by atomic mass is 16.6. The van der Waals surface area contributed by atoms with Crippen molar-refractivity contribution in [2.24, 2.45) is 0 Å². The van der Waals surface area contributed by atoms with E-state index in [1.165, 1.54) is 12.1 Å². The monoisotopic (exact) mass is 414 g/mol. The number of H-pyrrole nitrogens is 1. The summed E-state index contributed by atoms with van der Waals surface area (Å²) in [6.45, 7) is 1.01.